The summed E-state index contributed by atoms with van der Waals surface area (Å²) in [6.45, 7) is 2.00. The fourth-order valence-electron chi connectivity index (χ4n) is 1.54. The number of ether oxygens (including phenoxy) is 1. The van der Waals surface area contributed by atoms with Crippen LogP contribution in [0.4, 0.5) is 0 Å². The summed E-state index contributed by atoms with van der Waals surface area (Å²) in [5.74, 6) is -1.81. The predicted molar refractivity (Wildman–Crippen MR) is 67.0 cm³/mol. The summed E-state index contributed by atoms with van der Waals surface area (Å²) >= 11 is 0. The lowest BCUT2D eigenvalue weighted by molar-refractivity contribution is -0.144. The molecule has 1 aromatic rings. The van der Waals surface area contributed by atoms with E-state index in [1.807, 2.05) is 37.3 Å². The first kappa shape index (κ1) is 14.0. The van der Waals surface area contributed by atoms with E-state index in [0.29, 0.717) is 6.42 Å². The molecule has 0 amide bonds. The molecule has 0 radical (unpaired) electrons. The smallest absolute Gasteiger partial charge is 0.331 e. The molecule has 4 nitrogen and oxygen atoms in total. The Morgan fingerprint density at radius 1 is 1.28 bits per heavy atom. The molecule has 0 bridgehead atoms. The standard InChI is InChI=1S/C14H16O4/c1-2-6-12(11-7-4-3-5-8-11)18-14(17)10-9-13(15)16/h3-5,7-10,12H,2,6H2,1H3,(H,15,16). The fourth-order valence-corrected chi connectivity index (χ4v) is 1.54. The minimum atomic E-state index is -1.17. The number of benzene rings is 1. The van der Waals surface area contributed by atoms with Crippen molar-refractivity contribution in [2.45, 2.75) is 25.9 Å². The molecule has 18 heavy (non-hydrogen) atoms. The second-order valence-electron chi connectivity index (χ2n) is 3.80. The molecule has 0 fully saturated rings. The number of hydrogen-bond donors (Lipinski definition) is 1. The van der Waals surface area contributed by atoms with Crippen LogP contribution in [0.2, 0.25) is 0 Å². The van der Waals surface area contributed by atoms with E-state index in [2.05, 4.69) is 0 Å². The van der Waals surface area contributed by atoms with Crippen LogP contribution in [0.3, 0.4) is 0 Å². The Bertz CT molecular complexity index is 423. The van der Waals surface area contributed by atoms with Crippen LogP contribution in [0.5, 0.6) is 0 Å². The van der Waals surface area contributed by atoms with E-state index in [1.54, 1.807) is 0 Å². The summed E-state index contributed by atoms with van der Waals surface area (Å²) < 4.78 is 5.24. The number of aliphatic carboxylic acids is 1. The quantitative estimate of drug-likeness (QED) is 0.621. The van der Waals surface area contributed by atoms with Gasteiger partial charge in [0.15, 0.2) is 0 Å². The molecule has 0 aliphatic heterocycles. The number of rotatable bonds is 6. The first-order valence-corrected chi connectivity index (χ1v) is 5.80. The lowest BCUT2D eigenvalue weighted by atomic mass is 10.1. The third-order valence-corrected chi connectivity index (χ3v) is 2.34. The lowest BCUT2D eigenvalue weighted by Gasteiger charge is -2.16. The van der Waals surface area contributed by atoms with Crippen LogP contribution in [-0.2, 0) is 14.3 Å². The zero-order valence-corrected chi connectivity index (χ0v) is 10.2. The van der Waals surface area contributed by atoms with E-state index in [1.165, 1.54) is 0 Å². The van der Waals surface area contributed by atoms with E-state index < -0.39 is 11.9 Å². The molecule has 1 unspecified atom stereocenters. The van der Waals surface area contributed by atoms with Gasteiger partial charge in [-0.25, -0.2) is 9.59 Å². The van der Waals surface area contributed by atoms with Crippen LogP contribution in [0, 0.1) is 0 Å². The van der Waals surface area contributed by atoms with Crippen LogP contribution in [0.25, 0.3) is 0 Å². The van der Waals surface area contributed by atoms with Crippen molar-refractivity contribution in [3.63, 3.8) is 0 Å². The van der Waals surface area contributed by atoms with Gasteiger partial charge in [-0.1, -0.05) is 43.7 Å². The SMILES string of the molecule is CCCC(OC(=O)C=CC(=O)O)c1ccccc1. The first-order chi connectivity index (χ1) is 8.63. The van der Waals surface area contributed by atoms with Crippen LogP contribution >= 0.6 is 0 Å². The van der Waals surface area contributed by atoms with Crippen molar-refractivity contribution in [1.29, 1.82) is 0 Å². The van der Waals surface area contributed by atoms with E-state index in [9.17, 15) is 9.59 Å². The zero-order chi connectivity index (χ0) is 13.4. The molecule has 0 saturated carbocycles. The molecule has 0 aliphatic carbocycles. The molecule has 1 rings (SSSR count). The van der Waals surface area contributed by atoms with Crippen LogP contribution in [0.1, 0.15) is 31.4 Å². The molecule has 1 aromatic carbocycles. The number of carbonyl (C=O) groups excluding carboxylic acids is 1. The maximum Gasteiger partial charge on any atom is 0.331 e. The van der Waals surface area contributed by atoms with E-state index in [0.717, 1.165) is 24.1 Å². The highest BCUT2D eigenvalue weighted by molar-refractivity contribution is 5.90. The predicted octanol–water partition coefficient (Wildman–Crippen LogP) is 2.71. The molecule has 96 valence electrons. The number of carboxylic acid groups (broad SMARTS) is 1. The van der Waals surface area contributed by atoms with Gasteiger partial charge < -0.3 is 9.84 Å². The first-order valence-electron chi connectivity index (χ1n) is 5.80. The average Bonchev–Trinajstić information content (AvgIpc) is 2.37. The van der Waals surface area contributed by atoms with E-state index in [4.69, 9.17) is 9.84 Å². The van der Waals surface area contributed by atoms with Gasteiger partial charge in [0.2, 0.25) is 0 Å². The highest BCUT2D eigenvalue weighted by atomic mass is 16.5. The Balaban J connectivity index is 2.69. The third kappa shape index (κ3) is 4.82. The van der Waals surface area contributed by atoms with Crippen molar-refractivity contribution in [3.8, 4) is 0 Å². The molecule has 4 heteroatoms. The maximum atomic E-state index is 11.4. The van der Waals surface area contributed by atoms with Crippen LogP contribution in [0.15, 0.2) is 42.5 Å². The molecule has 0 aliphatic rings. The minimum absolute atomic E-state index is 0.331. The second-order valence-corrected chi connectivity index (χ2v) is 3.80. The number of hydrogen-bond acceptors (Lipinski definition) is 3. The summed E-state index contributed by atoms with van der Waals surface area (Å²) in [5.41, 5.74) is 0.913. The third-order valence-electron chi connectivity index (χ3n) is 2.34. The molecule has 0 saturated heterocycles. The molecule has 0 heterocycles. The van der Waals surface area contributed by atoms with Crippen LogP contribution in [-0.4, -0.2) is 17.0 Å². The largest absolute Gasteiger partial charge is 0.478 e. The average molecular weight is 248 g/mol. The lowest BCUT2D eigenvalue weighted by Crippen LogP contribution is -2.09. The molecule has 1 atom stereocenters. The van der Waals surface area contributed by atoms with Gasteiger partial charge in [0.25, 0.3) is 0 Å². The topological polar surface area (TPSA) is 63.6 Å². The van der Waals surface area contributed by atoms with Crippen molar-refractivity contribution in [1.82, 2.24) is 0 Å². The van der Waals surface area contributed by atoms with Gasteiger partial charge in [-0.15, -0.1) is 0 Å². The molecular weight excluding hydrogens is 232 g/mol. The molecule has 0 spiro atoms. The van der Waals surface area contributed by atoms with Gasteiger partial charge >= 0.3 is 11.9 Å². The monoisotopic (exact) mass is 248 g/mol. The summed E-state index contributed by atoms with van der Waals surface area (Å²) in [4.78, 5) is 21.7. The Kier molecular flexibility index (Phi) is 5.64. The van der Waals surface area contributed by atoms with Crippen LogP contribution < -0.4 is 0 Å². The van der Waals surface area contributed by atoms with Crippen molar-refractivity contribution < 1.29 is 19.4 Å². The van der Waals surface area contributed by atoms with E-state index >= 15 is 0 Å². The van der Waals surface area contributed by atoms with Gasteiger partial charge in [-0.3, -0.25) is 0 Å². The highest BCUT2D eigenvalue weighted by Crippen LogP contribution is 2.22. The Hall–Kier alpha value is -2.10. The summed E-state index contributed by atoms with van der Waals surface area (Å²) in [6, 6.07) is 9.40. The van der Waals surface area contributed by atoms with Crippen molar-refractivity contribution >= 4 is 11.9 Å². The number of carbonyl (C=O) groups is 2. The Labute approximate surface area is 106 Å². The van der Waals surface area contributed by atoms with Gasteiger partial charge in [-0.05, 0) is 12.0 Å². The summed E-state index contributed by atoms with van der Waals surface area (Å²) in [6.07, 6.45) is 2.94. The Morgan fingerprint density at radius 2 is 1.94 bits per heavy atom. The maximum absolute atomic E-state index is 11.4. The Morgan fingerprint density at radius 3 is 2.50 bits per heavy atom. The molecular formula is C14H16O4. The normalized spacial score (nSPS) is 12.3. The highest BCUT2D eigenvalue weighted by Gasteiger charge is 2.14. The zero-order valence-electron chi connectivity index (χ0n) is 10.2. The van der Waals surface area contributed by atoms with Crippen molar-refractivity contribution in [2.75, 3.05) is 0 Å². The van der Waals surface area contributed by atoms with Crippen molar-refractivity contribution in [2.24, 2.45) is 0 Å². The van der Waals surface area contributed by atoms with Gasteiger partial charge in [0.1, 0.15) is 6.10 Å². The fraction of sp³-hybridized carbons (Fsp3) is 0.286. The number of carboxylic acids is 1. The summed E-state index contributed by atoms with van der Waals surface area (Å²) in [7, 11) is 0. The second kappa shape index (κ2) is 7.27. The molecule has 0 aromatic heterocycles. The van der Waals surface area contributed by atoms with Gasteiger partial charge in [0.05, 0.1) is 0 Å². The van der Waals surface area contributed by atoms with Gasteiger partial charge in [-0.2, -0.15) is 0 Å². The van der Waals surface area contributed by atoms with Gasteiger partial charge in [0, 0.05) is 12.2 Å². The van der Waals surface area contributed by atoms with E-state index in [-0.39, 0.29) is 6.10 Å². The number of esters is 1. The summed E-state index contributed by atoms with van der Waals surface area (Å²) in [5, 5.41) is 8.42. The van der Waals surface area contributed by atoms with Crippen molar-refractivity contribution in [3.05, 3.63) is 48.0 Å². The molecule has 1 N–H and O–H groups in total. The minimum Gasteiger partial charge on any atom is -0.478 e.